The third kappa shape index (κ3) is 4.05. The largest absolute Gasteiger partial charge is 0.497 e. The van der Waals surface area contributed by atoms with Crippen molar-refractivity contribution in [2.24, 2.45) is 0 Å². The Kier molecular flexibility index (Phi) is 6.06. The fourth-order valence-corrected chi connectivity index (χ4v) is 3.90. The van der Waals surface area contributed by atoms with Crippen LogP contribution in [0.5, 0.6) is 11.5 Å². The first-order valence-electron chi connectivity index (χ1n) is 9.61. The molecule has 1 aromatic carbocycles. The maximum atomic E-state index is 12.6. The van der Waals surface area contributed by atoms with E-state index in [-0.39, 0.29) is 24.3 Å². The highest BCUT2D eigenvalue weighted by Gasteiger charge is 2.51. The van der Waals surface area contributed by atoms with Crippen molar-refractivity contribution in [1.29, 1.82) is 0 Å². The van der Waals surface area contributed by atoms with E-state index in [1.807, 2.05) is 0 Å². The minimum absolute atomic E-state index is 0.121. The average molecular weight is 389 g/mol. The van der Waals surface area contributed by atoms with Crippen molar-refractivity contribution in [3.8, 4) is 11.5 Å². The number of hydrogen-bond donors (Lipinski definition) is 2. The molecule has 1 saturated carbocycles. The number of imide groups is 1. The summed E-state index contributed by atoms with van der Waals surface area (Å²) in [7, 11) is 3.12. The van der Waals surface area contributed by atoms with Crippen LogP contribution in [-0.2, 0) is 16.0 Å². The van der Waals surface area contributed by atoms with Crippen molar-refractivity contribution in [3.05, 3.63) is 23.8 Å². The lowest BCUT2D eigenvalue weighted by Crippen LogP contribution is -2.44. The molecule has 0 radical (unpaired) electrons. The molecule has 1 spiro atoms. The summed E-state index contributed by atoms with van der Waals surface area (Å²) in [6.45, 7) is 0.694. The molecule has 8 nitrogen and oxygen atoms in total. The molecule has 1 saturated heterocycles. The van der Waals surface area contributed by atoms with Gasteiger partial charge in [-0.25, -0.2) is 4.79 Å². The van der Waals surface area contributed by atoms with Gasteiger partial charge in [-0.1, -0.05) is 18.9 Å². The fraction of sp³-hybridized carbons (Fsp3) is 0.550. The van der Waals surface area contributed by atoms with Gasteiger partial charge in [0.25, 0.3) is 5.91 Å². The summed E-state index contributed by atoms with van der Waals surface area (Å²) in [6.07, 6.45) is 4.05. The van der Waals surface area contributed by atoms with E-state index in [0.29, 0.717) is 43.9 Å². The Morgan fingerprint density at radius 2 is 1.96 bits per heavy atom. The first-order chi connectivity index (χ1) is 13.5. The first-order valence-corrected chi connectivity index (χ1v) is 9.61. The zero-order valence-corrected chi connectivity index (χ0v) is 16.4. The Morgan fingerprint density at radius 1 is 1.21 bits per heavy atom. The number of nitrogens with zero attached hydrogens (tertiary/aromatic N) is 1. The van der Waals surface area contributed by atoms with E-state index in [2.05, 4.69) is 10.6 Å². The molecular weight excluding hydrogens is 362 g/mol. The second-order valence-electron chi connectivity index (χ2n) is 7.23. The zero-order chi connectivity index (χ0) is 20.1. The molecule has 3 rings (SSSR count). The topological polar surface area (TPSA) is 97.0 Å². The number of carbonyl (C=O) groups is 3. The van der Waals surface area contributed by atoms with Crippen LogP contribution in [0, 0.1) is 0 Å². The molecule has 0 unspecified atom stereocenters. The lowest BCUT2D eigenvalue weighted by molar-refractivity contribution is -0.131. The molecule has 0 aromatic heterocycles. The number of carbonyl (C=O) groups excluding carboxylic acids is 3. The van der Waals surface area contributed by atoms with Crippen LogP contribution in [0.15, 0.2) is 18.2 Å². The molecule has 2 N–H and O–H groups in total. The Labute approximate surface area is 164 Å². The van der Waals surface area contributed by atoms with Gasteiger partial charge in [-0.3, -0.25) is 14.5 Å². The summed E-state index contributed by atoms with van der Waals surface area (Å²) in [5, 5.41) is 5.69. The van der Waals surface area contributed by atoms with E-state index in [4.69, 9.17) is 9.47 Å². The monoisotopic (exact) mass is 389 g/mol. The molecule has 4 amide bonds. The normalized spacial score (nSPS) is 17.7. The standard InChI is InChI=1S/C20H27N3O5/c1-27-15-7-6-14(16(13-15)28-2)12-17(24)21-10-5-11-23-18(25)20(22-19(23)26)8-3-4-9-20/h6-7,13H,3-5,8-12H2,1-2H3,(H,21,24)(H,22,26). The molecule has 0 bridgehead atoms. The van der Waals surface area contributed by atoms with Crippen LogP contribution < -0.4 is 20.1 Å². The average Bonchev–Trinajstić information content (AvgIpc) is 3.25. The van der Waals surface area contributed by atoms with Crippen LogP contribution in [0.25, 0.3) is 0 Å². The minimum Gasteiger partial charge on any atom is -0.497 e. The summed E-state index contributed by atoms with van der Waals surface area (Å²) in [5.74, 6) is 0.988. The van der Waals surface area contributed by atoms with Gasteiger partial charge in [0.05, 0.1) is 20.6 Å². The van der Waals surface area contributed by atoms with Gasteiger partial charge in [0, 0.05) is 24.7 Å². The van der Waals surface area contributed by atoms with Crippen molar-refractivity contribution in [2.75, 3.05) is 27.3 Å². The smallest absolute Gasteiger partial charge is 0.325 e. The van der Waals surface area contributed by atoms with Crippen LogP contribution in [0.3, 0.4) is 0 Å². The van der Waals surface area contributed by atoms with Crippen molar-refractivity contribution in [2.45, 2.75) is 44.1 Å². The van der Waals surface area contributed by atoms with Gasteiger partial charge in [0.15, 0.2) is 0 Å². The number of urea groups is 1. The summed E-state index contributed by atoms with van der Waals surface area (Å²) in [4.78, 5) is 38.2. The van der Waals surface area contributed by atoms with Gasteiger partial charge in [-0.05, 0) is 25.3 Å². The number of rotatable bonds is 8. The summed E-state index contributed by atoms with van der Waals surface area (Å²) >= 11 is 0. The Morgan fingerprint density at radius 3 is 2.64 bits per heavy atom. The van der Waals surface area contributed by atoms with Crippen LogP contribution in [0.1, 0.15) is 37.7 Å². The predicted molar refractivity (Wildman–Crippen MR) is 102 cm³/mol. The van der Waals surface area contributed by atoms with Crippen LogP contribution in [-0.4, -0.2) is 55.6 Å². The van der Waals surface area contributed by atoms with E-state index in [0.717, 1.165) is 18.4 Å². The number of nitrogens with one attached hydrogen (secondary N) is 2. The van der Waals surface area contributed by atoms with Gasteiger partial charge in [-0.2, -0.15) is 0 Å². The number of methoxy groups -OCH3 is 2. The molecule has 1 aromatic rings. The highest BCUT2D eigenvalue weighted by atomic mass is 16.5. The molecule has 28 heavy (non-hydrogen) atoms. The Hall–Kier alpha value is -2.77. The molecule has 1 aliphatic heterocycles. The van der Waals surface area contributed by atoms with Crippen LogP contribution in [0.4, 0.5) is 4.79 Å². The predicted octanol–water partition coefficient (Wildman–Crippen LogP) is 1.62. The number of amides is 4. The number of ether oxygens (including phenoxy) is 2. The maximum Gasteiger partial charge on any atom is 0.325 e. The number of benzene rings is 1. The number of hydrogen-bond acceptors (Lipinski definition) is 5. The van der Waals surface area contributed by atoms with E-state index in [9.17, 15) is 14.4 Å². The fourth-order valence-electron chi connectivity index (χ4n) is 3.90. The Bertz CT molecular complexity index is 758. The van der Waals surface area contributed by atoms with Crippen molar-refractivity contribution >= 4 is 17.8 Å². The second-order valence-corrected chi connectivity index (χ2v) is 7.23. The second kappa shape index (κ2) is 8.50. The molecule has 152 valence electrons. The van der Waals surface area contributed by atoms with Crippen molar-refractivity contribution < 1.29 is 23.9 Å². The summed E-state index contributed by atoms with van der Waals surface area (Å²) in [5.41, 5.74) is 0.0868. The molecule has 0 atom stereocenters. The van der Waals surface area contributed by atoms with Gasteiger partial charge in [0.1, 0.15) is 17.0 Å². The molecule has 2 fully saturated rings. The van der Waals surface area contributed by atoms with Gasteiger partial charge in [0.2, 0.25) is 5.91 Å². The van der Waals surface area contributed by atoms with Gasteiger partial charge >= 0.3 is 6.03 Å². The minimum atomic E-state index is -0.675. The van der Waals surface area contributed by atoms with Crippen LogP contribution >= 0.6 is 0 Å². The molecular formula is C20H27N3O5. The third-order valence-electron chi connectivity index (χ3n) is 5.43. The van der Waals surface area contributed by atoms with Crippen molar-refractivity contribution in [3.63, 3.8) is 0 Å². The quantitative estimate of drug-likeness (QED) is 0.520. The van der Waals surface area contributed by atoms with E-state index < -0.39 is 5.54 Å². The van der Waals surface area contributed by atoms with Crippen molar-refractivity contribution in [1.82, 2.24) is 15.5 Å². The van der Waals surface area contributed by atoms with E-state index in [1.165, 1.54) is 4.90 Å². The zero-order valence-electron chi connectivity index (χ0n) is 16.4. The molecule has 8 heteroatoms. The SMILES string of the molecule is COc1ccc(CC(=O)NCCCN2C(=O)NC3(CCCC3)C2=O)c(OC)c1. The molecule has 2 aliphatic rings. The van der Waals surface area contributed by atoms with E-state index in [1.54, 1.807) is 32.4 Å². The highest BCUT2D eigenvalue weighted by Crippen LogP contribution is 2.35. The summed E-state index contributed by atoms with van der Waals surface area (Å²) < 4.78 is 10.5. The lowest BCUT2D eigenvalue weighted by atomic mass is 9.98. The summed E-state index contributed by atoms with van der Waals surface area (Å²) in [6, 6.07) is 4.99. The van der Waals surface area contributed by atoms with Crippen LogP contribution in [0.2, 0.25) is 0 Å². The van der Waals surface area contributed by atoms with E-state index >= 15 is 0 Å². The highest BCUT2D eigenvalue weighted by molar-refractivity contribution is 6.07. The molecule has 1 heterocycles. The molecule has 1 aliphatic carbocycles. The Balaban J connectivity index is 1.45. The maximum absolute atomic E-state index is 12.6. The first kappa shape index (κ1) is 20.0. The van der Waals surface area contributed by atoms with Gasteiger partial charge < -0.3 is 20.1 Å². The third-order valence-corrected chi connectivity index (χ3v) is 5.43. The van der Waals surface area contributed by atoms with Gasteiger partial charge in [-0.15, -0.1) is 0 Å². The lowest BCUT2D eigenvalue weighted by Gasteiger charge is -2.20.